The van der Waals surface area contributed by atoms with Gasteiger partial charge in [-0.1, -0.05) is 37.6 Å². The molecule has 0 unspecified atom stereocenters. The van der Waals surface area contributed by atoms with Crippen LogP contribution in [0.5, 0.6) is 0 Å². The highest BCUT2D eigenvalue weighted by atomic mass is 32.2. The number of aromatic nitrogens is 1. The van der Waals surface area contributed by atoms with Crippen molar-refractivity contribution >= 4 is 33.3 Å². The Morgan fingerprint density at radius 3 is 3.00 bits per heavy atom. The molecule has 0 saturated heterocycles. The van der Waals surface area contributed by atoms with Crippen LogP contribution in [-0.2, 0) is 0 Å². The van der Waals surface area contributed by atoms with E-state index in [2.05, 4.69) is 37.0 Å². The van der Waals surface area contributed by atoms with Crippen LogP contribution in [0.3, 0.4) is 0 Å². The van der Waals surface area contributed by atoms with E-state index in [9.17, 15) is 0 Å². The second-order valence-corrected chi connectivity index (χ2v) is 6.38. The molecule has 3 heteroatoms. The third-order valence-corrected chi connectivity index (χ3v) is 4.75. The van der Waals surface area contributed by atoms with Crippen molar-refractivity contribution in [1.29, 1.82) is 0 Å². The monoisotopic (exact) mass is 251 g/mol. The molecule has 0 N–H and O–H groups in total. The minimum atomic E-state index is 1.15. The van der Waals surface area contributed by atoms with Gasteiger partial charge in [0.1, 0.15) is 0 Å². The van der Waals surface area contributed by atoms with Gasteiger partial charge in [0.05, 0.1) is 10.2 Å². The number of rotatable bonds is 5. The number of benzene rings is 1. The number of nitrogens with zero attached hydrogens (tertiary/aromatic N) is 1. The molecule has 0 spiro atoms. The number of thiazole rings is 1. The Balaban J connectivity index is 2.02. The number of hydrogen-bond donors (Lipinski definition) is 0. The van der Waals surface area contributed by atoms with Gasteiger partial charge in [-0.3, -0.25) is 0 Å². The lowest BCUT2D eigenvalue weighted by Crippen LogP contribution is -1.78. The SMILES string of the molecule is CCCCCSc1nc2ccc(C)cc2s1. The highest BCUT2D eigenvalue weighted by Crippen LogP contribution is 2.30. The highest BCUT2D eigenvalue weighted by molar-refractivity contribution is 8.01. The van der Waals surface area contributed by atoms with E-state index in [0.29, 0.717) is 0 Å². The summed E-state index contributed by atoms with van der Waals surface area (Å²) in [7, 11) is 0. The Morgan fingerprint density at radius 1 is 1.31 bits per heavy atom. The van der Waals surface area contributed by atoms with Crippen molar-refractivity contribution in [3.8, 4) is 0 Å². The lowest BCUT2D eigenvalue weighted by atomic mass is 10.2. The van der Waals surface area contributed by atoms with E-state index in [-0.39, 0.29) is 0 Å². The standard InChI is InChI=1S/C13H17NS2/c1-3-4-5-8-15-13-14-11-7-6-10(2)9-12(11)16-13/h6-7,9H,3-5,8H2,1-2H3. The second kappa shape index (κ2) is 5.69. The number of aryl methyl sites for hydroxylation is 1. The van der Waals surface area contributed by atoms with Crippen molar-refractivity contribution in [3.63, 3.8) is 0 Å². The van der Waals surface area contributed by atoms with Gasteiger partial charge in [-0.15, -0.1) is 11.3 Å². The maximum Gasteiger partial charge on any atom is 0.151 e. The van der Waals surface area contributed by atoms with Crippen molar-refractivity contribution in [1.82, 2.24) is 4.98 Å². The molecule has 0 aliphatic heterocycles. The summed E-state index contributed by atoms with van der Waals surface area (Å²) in [6, 6.07) is 6.48. The number of hydrogen-bond acceptors (Lipinski definition) is 3. The van der Waals surface area contributed by atoms with Crippen molar-refractivity contribution in [2.45, 2.75) is 37.4 Å². The van der Waals surface area contributed by atoms with Gasteiger partial charge in [0.25, 0.3) is 0 Å². The van der Waals surface area contributed by atoms with Crippen LogP contribution in [0.4, 0.5) is 0 Å². The van der Waals surface area contributed by atoms with Gasteiger partial charge < -0.3 is 0 Å². The van der Waals surface area contributed by atoms with Crippen molar-refractivity contribution in [3.05, 3.63) is 23.8 Å². The number of fused-ring (bicyclic) bond motifs is 1. The molecule has 1 heterocycles. The maximum absolute atomic E-state index is 4.63. The summed E-state index contributed by atoms with van der Waals surface area (Å²) in [6.45, 7) is 4.37. The Kier molecular flexibility index (Phi) is 4.24. The van der Waals surface area contributed by atoms with E-state index in [1.807, 2.05) is 23.1 Å². The maximum atomic E-state index is 4.63. The third kappa shape index (κ3) is 2.98. The zero-order chi connectivity index (χ0) is 11.4. The molecule has 2 aromatic rings. The predicted octanol–water partition coefficient (Wildman–Crippen LogP) is 4.89. The zero-order valence-corrected chi connectivity index (χ0v) is 11.5. The van der Waals surface area contributed by atoms with Gasteiger partial charge in [0, 0.05) is 5.75 Å². The molecule has 0 amide bonds. The van der Waals surface area contributed by atoms with Gasteiger partial charge in [-0.25, -0.2) is 4.98 Å². The van der Waals surface area contributed by atoms with E-state index < -0.39 is 0 Å². The fourth-order valence-electron chi connectivity index (χ4n) is 1.58. The van der Waals surface area contributed by atoms with Crippen molar-refractivity contribution < 1.29 is 0 Å². The zero-order valence-electron chi connectivity index (χ0n) is 9.82. The van der Waals surface area contributed by atoms with Crippen LogP contribution in [0, 0.1) is 6.92 Å². The Hall–Kier alpha value is -0.540. The van der Waals surface area contributed by atoms with Gasteiger partial charge in [-0.2, -0.15) is 0 Å². The number of thioether (sulfide) groups is 1. The number of unbranched alkanes of at least 4 members (excludes halogenated alkanes) is 2. The molecule has 0 atom stereocenters. The fourth-order valence-corrected chi connectivity index (χ4v) is 3.82. The molecule has 0 fully saturated rings. The smallest absolute Gasteiger partial charge is 0.151 e. The lowest BCUT2D eigenvalue weighted by molar-refractivity contribution is 0.778. The summed E-state index contributed by atoms with van der Waals surface area (Å²) < 4.78 is 2.54. The van der Waals surface area contributed by atoms with Gasteiger partial charge in [0.15, 0.2) is 4.34 Å². The topological polar surface area (TPSA) is 12.9 Å². The molecule has 1 nitrogen and oxygen atoms in total. The van der Waals surface area contributed by atoms with Crippen molar-refractivity contribution in [2.24, 2.45) is 0 Å². The summed E-state index contributed by atoms with van der Waals surface area (Å²) in [4.78, 5) is 4.63. The molecular formula is C13H17NS2. The van der Waals surface area contributed by atoms with Gasteiger partial charge in [0.2, 0.25) is 0 Å². The minimum absolute atomic E-state index is 1.15. The first-order chi connectivity index (χ1) is 7.79. The van der Waals surface area contributed by atoms with Crippen LogP contribution in [0.15, 0.2) is 22.5 Å². The molecule has 0 saturated carbocycles. The first-order valence-corrected chi connectivity index (χ1v) is 7.60. The van der Waals surface area contributed by atoms with E-state index in [0.717, 1.165) is 5.52 Å². The van der Waals surface area contributed by atoms with Crippen LogP contribution < -0.4 is 0 Å². The first-order valence-electron chi connectivity index (χ1n) is 5.79. The molecule has 86 valence electrons. The summed E-state index contributed by atoms with van der Waals surface area (Å²) in [5.74, 6) is 1.20. The average molecular weight is 251 g/mol. The molecule has 0 bridgehead atoms. The molecule has 1 aromatic heterocycles. The quantitative estimate of drug-likeness (QED) is 0.554. The normalized spacial score (nSPS) is 11.1. The van der Waals surface area contributed by atoms with E-state index in [4.69, 9.17) is 0 Å². The summed E-state index contributed by atoms with van der Waals surface area (Å²) in [6.07, 6.45) is 3.92. The van der Waals surface area contributed by atoms with Crippen LogP contribution in [-0.4, -0.2) is 10.7 Å². The summed E-state index contributed by atoms with van der Waals surface area (Å²) in [5, 5.41) is 0. The first kappa shape index (κ1) is 11.9. The van der Waals surface area contributed by atoms with E-state index >= 15 is 0 Å². The Morgan fingerprint density at radius 2 is 2.19 bits per heavy atom. The Labute approximate surface area is 105 Å². The largest absolute Gasteiger partial charge is 0.230 e. The van der Waals surface area contributed by atoms with Crippen LogP contribution in [0.1, 0.15) is 31.7 Å². The summed E-state index contributed by atoms with van der Waals surface area (Å²) in [5.41, 5.74) is 2.47. The second-order valence-electron chi connectivity index (χ2n) is 4.01. The van der Waals surface area contributed by atoms with E-state index in [1.165, 1.54) is 39.6 Å². The minimum Gasteiger partial charge on any atom is -0.230 e. The van der Waals surface area contributed by atoms with Gasteiger partial charge >= 0.3 is 0 Å². The average Bonchev–Trinajstić information content (AvgIpc) is 2.66. The lowest BCUT2D eigenvalue weighted by Gasteiger charge is -1.94. The molecular weight excluding hydrogens is 234 g/mol. The van der Waals surface area contributed by atoms with Crippen LogP contribution >= 0.6 is 23.1 Å². The molecule has 0 aliphatic carbocycles. The highest BCUT2D eigenvalue weighted by Gasteiger charge is 2.03. The van der Waals surface area contributed by atoms with Gasteiger partial charge in [-0.05, 0) is 31.0 Å². The molecule has 0 radical (unpaired) electrons. The third-order valence-electron chi connectivity index (χ3n) is 2.50. The van der Waals surface area contributed by atoms with Crippen LogP contribution in [0.2, 0.25) is 0 Å². The fraction of sp³-hybridized carbons (Fsp3) is 0.462. The Bertz CT molecular complexity index is 462. The van der Waals surface area contributed by atoms with Crippen LogP contribution in [0.25, 0.3) is 10.2 Å². The molecule has 0 aliphatic rings. The summed E-state index contributed by atoms with van der Waals surface area (Å²) >= 11 is 3.72. The van der Waals surface area contributed by atoms with Crippen molar-refractivity contribution in [2.75, 3.05) is 5.75 Å². The molecule has 1 aromatic carbocycles. The predicted molar refractivity (Wildman–Crippen MR) is 74.6 cm³/mol. The molecule has 2 rings (SSSR count). The molecule has 16 heavy (non-hydrogen) atoms. The van der Waals surface area contributed by atoms with E-state index in [1.54, 1.807) is 0 Å².